The molecule has 162 valence electrons. The van der Waals surface area contributed by atoms with Crippen LogP contribution in [0.1, 0.15) is 17.2 Å². The third-order valence-corrected chi connectivity index (χ3v) is 4.60. The van der Waals surface area contributed by atoms with E-state index in [1.165, 1.54) is 0 Å². The van der Waals surface area contributed by atoms with E-state index >= 15 is 0 Å². The van der Waals surface area contributed by atoms with Crippen molar-refractivity contribution in [3.05, 3.63) is 96.1 Å². The lowest BCUT2D eigenvalue weighted by Crippen LogP contribution is -2.32. The number of rotatable bonds is 11. The summed E-state index contributed by atoms with van der Waals surface area (Å²) in [6.45, 7) is 1.77. The van der Waals surface area contributed by atoms with E-state index in [4.69, 9.17) is 14.2 Å². The molecule has 1 unspecified atom stereocenters. The van der Waals surface area contributed by atoms with Gasteiger partial charge >= 0.3 is 6.03 Å². The van der Waals surface area contributed by atoms with Gasteiger partial charge in [0.05, 0.1) is 19.3 Å². The average molecular weight is 421 g/mol. The smallest absolute Gasteiger partial charge is 0.319 e. The zero-order chi connectivity index (χ0) is 21.7. The van der Waals surface area contributed by atoms with Crippen molar-refractivity contribution in [2.75, 3.05) is 32.2 Å². The van der Waals surface area contributed by atoms with E-state index in [0.29, 0.717) is 32.1 Å². The topological polar surface area (TPSA) is 68.8 Å². The SMILES string of the molecule is COC(CNC(=O)Nc1cccc(COCCOc2ccccc2)c1)c1ccccc1. The van der Waals surface area contributed by atoms with Gasteiger partial charge in [-0.2, -0.15) is 0 Å². The monoisotopic (exact) mass is 420 g/mol. The Balaban J connectivity index is 1.39. The molecule has 0 aromatic heterocycles. The molecule has 0 fully saturated rings. The van der Waals surface area contributed by atoms with Gasteiger partial charge in [0.25, 0.3) is 0 Å². The fraction of sp³-hybridized carbons (Fsp3) is 0.240. The van der Waals surface area contributed by atoms with E-state index in [1.54, 1.807) is 7.11 Å². The molecule has 0 bridgehead atoms. The molecule has 31 heavy (non-hydrogen) atoms. The van der Waals surface area contributed by atoms with Crippen LogP contribution in [0.15, 0.2) is 84.9 Å². The summed E-state index contributed by atoms with van der Waals surface area (Å²) in [5.41, 5.74) is 2.69. The second-order valence-corrected chi connectivity index (χ2v) is 6.88. The molecule has 0 spiro atoms. The van der Waals surface area contributed by atoms with E-state index in [1.807, 2.05) is 84.9 Å². The van der Waals surface area contributed by atoms with Crippen LogP contribution in [0, 0.1) is 0 Å². The minimum atomic E-state index is -0.285. The van der Waals surface area contributed by atoms with Crippen molar-refractivity contribution in [3.8, 4) is 5.75 Å². The largest absolute Gasteiger partial charge is 0.491 e. The molecular weight excluding hydrogens is 392 g/mol. The number of hydrogen-bond donors (Lipinski definition) is 2. The van der Waals surface area contributed by atoms with Gasteiger partial charge in [0.2, 0.25) is 0 Å². The standard InChI is InChI=1S/C25H28N2O4/c1-29-24(21-10-4-2-5-11-21)18-26-25(28)27-22-12-8-9-20(17-22)19-30-15-16-31-23-13-6-3-7-14-23/h2-14,17,24H,15-16,18-19H2,1H3,(H2,26,27,28). The number of amides is 2. The van der Waals surface area contributed by atoms with Crippen LogP contribution in [0.5, 0.6) is 5.75 Å². The predicted molar refractivity (Wildman–Crippen MR) is 121 cm³/mol. The van der Waals surface area contributed by atoms with Gasteiger partial charge in [0.15, 0.2) is 0 Å². The summed E-state index contributed by atoms with van der Waals surface area (Å²) < 4.78 is 16.8. The molecule has 0 saturated carbocycles. The summed E-state index contributed by atoms with van der Waals surface area (Å²) in [7, 11) is 1.63. The number of carbonyl (C=O) groups is 1. The predicted octanol–water partition coefficient (Wildman–Crippen LogP) is 4.79. The van der Waals surface area contributed by atoms with Crippen LogP contribution >= 0.6 is 0 Å². The van der Waals surface area contributed by atoms with Crippen molar-refractivity contribution < 1.29 is 19.0 Å². The number of ether oxygens (including phenoxy) is 3. The molecule has 0 saturated heterocycles. The first-order valence-electron chi connectivity index (χ1n) is 10.2. The molecular formula is C25H28N2O4. The first-order chi connectivity index (χ1) is 15.2. The Morgan fingerprint density at radius 2 is 1.65 bits per heavy atom. The number of nitrogens with one attached hydrogen (secondary N) is 2. The molecule has 1 atom stereocenters. The molecule has 0 aliphatic carbocycles. The summed E-state index contributed by atoms with van der Waals surface area (Å²) >= 11 is 0. The number of para-hydroxylation sites is 1. The van der Waals surface area contributed by atoms with Crippen molar-refractivity contribution in [1.29, 1.82) is 0 Å². The summed E-state index contributed by atoms with van der Waals surface area (Å²) in [6.07, 6.45) is -0.204. The number of anilines is 1. The molecule has 0 aliphatic heterocycles. The molecule has 2 amide bonds. The Labute approximate surface area is 183 Å². The van der Waals surface area contributed by atoms with Crippen LogP contribution in [0.25, 0.3) is 0 Å². The highest BCUT2D eigenvalue weighted by Gasteiger charge is 2.11. The number of benzene rings is 3. The zero-order valence-electron chi connectivity index (χ0n) is 17.6. The van der Waals surface area contributed by atoms with Gasteiger partial charge in [-0.25, -0.2) is 4.79 Å². The molecule has 0 radical (unpaired) electrons. The fourth-order valence-corrected chi connectivity index (χ4v) is 3.03. The number of carbonyl (C=O) groups excluding carboxylic acids is 1. The summed E-state index contributed by atoms with van der Waals surface area (Å²) in [5.74, 6) is 0.825. The quantitative estimate of drug-likeness (QED) is 0.438. The number of methoxy groups -OCH3 is 1. The third-order valence-electron chi connectivity index (χ3n) is 4.60. The Morgan fingerprint density at radius 3 is 2.39 bits per heavy atom. The Hall–Kier alpha value is -3.35. The second kappa shape index (κ2) is 12.4. The molecule has 3 aromatic rings. The molecule has 2 N–H and O–H groups in total. The lowest BCUT2D eigenvalue weighted by atomic mass is 10.1. The van der Waals surface area contributed by atoms with Crippen LogP contribution in [0.2, 0.25) is 0 Å². The van der Waals surface area contributed by atoms with E-state index in [2.05, 4.69) is 10.6 Å². The van der Waals surface area contributed by atoms with Crippen LogP contribution in [-0.4, -0.2) is 32.9 Å². The minimum Gasteiger partial charge on any atom is -0.491 e. The maximum absolute atomic E-state index is 12.3. The van der Waals surface area contributed by atoms with E-state index in [0.717, 1.165) is 16.9 Å². The van der Waals surface area contributed by atoms with Crippen molar-refractivity contribution in [1.82, 2.24) is 5.32 Å². The summed E-state index contributed by atoms with van der Waals surface area (Å²) in [4.78, 5) is 12.3. The maximum Gasteiger partial charge on any atom is 0.319 e. The molecule has 3 rings (SSSR count). The van der Waals surface area contributed by atoms with Gasteiger partial charge in [-0.1, -0.05) is 60.7 Å². The van der Waals surface area contributed by atoms with Gasteiger partial charge in [-0.15, -0.1) is 0 Å². The van der Waals surface area contributed by atoms with Crippen molar-refractivity contribution in [3.63, 3.8) is 0 Å². The average Bonchev–Trinajstić information content (AvgIpc) is 2.81. The van der Waals surface area contributed by atoms with Gasteiger partial charge in [-0.3, -0.25) is 0 Å². The number of hydrogen-bond acceptors (Lipinski definition) is 4. The lowest BCUT2D eigenvalue weighted by Gasteiger charge is -2.17. The van der Waals surface area contributed by atoms with E-state index < -0.39 is 0 Å². The maximum atomic E-state index is 12.3. The van der Waals surface area contributed by atoms with Gasteiger partial charge in [-0.05, 0) is 35.4 Å². The molecule has 3 aromatic carbocycles. The Kier molecular flexibility index (Phi) is 8.91. The normalized spacial score (nSPS) is 11.5. The second-order valence-electron chi connectivity index (χ2n) is 6.88. The molecule has 6 nitrogen and oxygen atoms in total. The van der Waals surface area contributed by atoms with Crippen LogP contribution in [-0.2, 0) is 16.1 Å². The van der Waals surface area contributed by atoms with Crippen molar-refractivity contribution in [2.24, 2.45) is 0 Å². The highest BCUT2D eigenvalue weighted by atomic mass is 16.5. The Bertz CT molecular complexity index is 919. The van der Waals surface area contributed by atoms with Gasteiger partial charge in [0.1, 0.15) is 12.4 Å². The van der Waals surface area contributed by atoms with Crippen LogP contribution < -0.4 is 15.4 Å². The van der Waals surface area contributed by atoms with Crippen molar-refractivity contribution in [2.45, 2.75) is 12.7 Å². The Morgan fingerprint density at radius 1 is 0.903 bits per heavy atom. The highest BCUT2D eigenvalue weighted by molar-refractivity contribution is 5.89. The van der Waals surface area contributed by atoms with Gasteiger partial charge < -0.3 is 24.8 Å². The number of urea groups is 1. The first-order valence-corrected chi connectivity index (χ1v) is 10.2. The summed E-state index contributed by atoms with van der Waals surface area (Å²) in [6, 6.07) is 26.7. The zero-order valence-corrected chi connectivity index (χ0v) is 17.6. The minimum absolute atomic E-state index is 0.204. The molecule has 0 heterocycles. The first kappa shape index (κ1) is 22.3. The third kappa shape index (κ3) is 7.77. The van der Waals surface area contributed by atoms with E-state index in [-0.39, 0.29) is 12.1 Å². The van der Waals surface area contributed by atoms with Crippen molar-refractivity contribution >= 4 is 11.7 Å². The summed E-state index contributed by atoms with van der Waals surface area (Å²) in [5, 5.41) is 5.70. The molecule has 6 heteroatoms. The van der Waals surface area contributed by atoms with Gasteiger partial charge in [0, 0.05) is 19.3 Å². The lowest BCUT2D eigenvalue weighted by molar-refractivity contribution is 0.0889. The molecule has 0 aliphatic rings. The van der Waals surface area contributed by atoms with Crippen LogP contribution in [0.4, 0.5) is 10.5 Å². The van der Waals surface area contributed by atoms with Crippen LogP contribution in [0.3, 0.4) is 0 Å². The highest BCUT2D eigenvalue weighted by Crippen LogP contribution is 2.15. The fourth-order valence-electron chi connectivity index (χ4n) is 3.03. The van der Waals surface area contributed by atoms with E-state index in [9.17, 15) is 4.79 Å².